The Morgan fingerprint density at radius 1 is 0.625 bits per heavy atom. The fraction of sp³-hybridized carbons (Fsp3) is 0.826. The van der Waals surface area contributed by atoms with E-state index < -0.39 is 24.2 Å². The van der Waals surface area contributed by atoms with Gasteiger partial charge in [-0.25, -0.2) is 9.59 Å². The van der Waals surface area contributed by atoms with Gasteiger partial charge in [0, 0.05) is 19.6 Å². The third-order valence-electron chi connectivity index (χ3n) is 6.71. The van der Waals surface area contributed by atoms with E-state index in [0.29, 0.717) is 38.9 Å². The van der Waals surface area contributed by atoms with Crippen molar-refractivity contribution in [1.29, 1.82) is 0 Å². The predicted molar refractivity (Wildman–Crippen MR) is 117 cm³/mol. The summed E-state index contributed by atoms with van der Waals surface area (Å²) in [6.07, 6.45) is 6.34. The van der Waals surface area contributed by atoms with Crippen molar-refractivity contribution in [2.45, 2.75) is 89.8 Å². The SMILES string of the molecule is CCOC(=O)C1CCCCN1C(=O)C1CCCCN1C(=O)C1CCCCN1C(=O)OCC. The van der Waals surface area contributed by atoms with Crippen molar-refractivity contribution in [2.75, 3.05) is 32.8 Å². The van der Waals surface area contributed by atoms with Crippen LogP contribution in [0.3, 0.4) is 0 Å². The zero-order chi connectivity index (χ0) is 23.1. The highest BCUT2D eigenvalue weighted by molar-refractivity contribution is 5.93. The number of esters is 1. The molecular formula is C23H37N3O6. The van der Waals surface area contributed by atoms with E-state index in [1.54, 1.807) is 23.6 Å². The van der Waals surface area contributed by atoms with Crippen LogP contribution in [0.25, 0.3) is 0 Å². The van der Waals surface area contributed by atoms with Gasteiger partial charge in [-0.15, -0.1) is 0 Å². The van der Waals surface area contributed by atoms with Crippen molar-refractivity contribution >= 4 is 23.9 Å². The highest BCUT2D eigenvalue weighted by Crippen LogP contribution is 2.28. The molecule has 3 fully saturated rings. The smallest absolute Gasteiger partial charge is 0.410 e. The van der Waals surface area contributed by atoms with Crippen LogP contribution in [0.5, 0.6) is 0 Å². The van der Waals surface area contributed by atoms with Crippen molar-refractivity contribution in [3.05, 3.63) is 0 Å². The van der Waals surface area contributed by atoms with Crippen molar-refractivity contribution in [3.8, 4) is 0 Å². The number of amides is 3. The third kappa shape index (κ3) is 5.35. The predicted octanol–water partition coefficient (Wildman–Crippen LogP) is 2.32. The molecule has 3 heterocycles. The van der Waals surface area contributed by atoms with E-state index >= 15 is 0 Å². The zero-order valence-corrected chi connectivity index (χ0v) is 19.4. The molecule has 180 valence electrons. The van der Waals surface area contributed by atoms with Gasteiger partial charge in [0.05, 0.1) is 13.2 Å². The van der Waals surface area contributed by atoms with Gasteiger partial charge in [-0.05, 0) is 71.6 Å². The number of nitrogens with zero attached hydrogens (tertiary/aromatic N) is 3. The first-order valence-corrected chi connectivity index (χ1v) is 12.2. The van der Waals surface area contributed by atoms with Crippen LogP contribution in [0.15, 0.2) is 0 Å². The minimum atomic E-state index is -0.600. The summed E-state index contributed by atoms with van der Waals surface area (Å²) in [7, 11) is 0. The number of piperidine rings is 3. The Morgan fingerprint density at radius 2 is 1.06 bits per heavy atom. The van der Waals surface area contributed by atoms with Crippen molar-refractivity contribution in [2.24, 2.45) is 0 Å². The molecule has 3 saturated heterocycles. The van der Waals surface area contributed by atoms with Crippen LogP contribution in [0.1, 0.15) is 71.6 Å². The summed E-state index contributed by atoms with van der Waals surface area (Å²) in [6, 6.07) is -1.78. The Kier molecular flexibility index (Phi) is 8.75. The maximum Gasteiger partial charge on any atom is 0.410 e. The summed E-state index contributed by atoms with van der Waals surface area (Å²) in [5.74, 6) is -0.718. The van der Waals surface area contributed by atoms with E-state index in [1.807, 2.05) is 0 Å². The molecule has 0 aromatic heterocycles. The lowest BCUT2D eigenvalue weighted by atomic mass is 9.94. The molecule has 3 rings (SSSR count). The maximum absolute atomic E-state index is 13.6. The van der Waals surface area contributed by atoms with Gasteiger partial charge in [0.1, 0.15) is 18.1 Å². The molecule has 9 heteroatoms. The van der Waals surface area contributed by atoms with Crippen LogP contribution in [0.2, 0.25) is 0 Å². The Morgan fingerprint density at radius 3 is 1.59 bits per heavy atom. The van der Waals surface area contributed by atoms with Crippen LogP contribution < -0.4 is 0 Å². The quantitative estimate of drug-likeness (QED) is 0.595. The second kappa shape index (κ2) is 11.5. The average Bonchev–Trinajstić information content (AvgIpc) is 2.83. The van der Waals surface area contributed by atoms with Crippen LogP contribution >= 0.6 is 0 Å². The number of likely N-dealkylation sites (tertiary alicyclic amines) is 3. The Hall–Kier alpha value is -2.32. The molecular weight excluding hydrogens is 414 g/mol. The van der Waals surface area contributed by atoms with Gasteiger partial charge >= 0.3 is 12.1 Å². The molecule has 3 aliphatic rings. The van der Waals surface area contributed by atoms with Gasteiger partial charge in [-0.1, -0.05) is 0 Å². The molecule has 9 nitrogen and oxygen atoms in total. The normalized spacial score (nSPS) is 26.4. The summed E-state index contributed by atoms with van der Waals surface area (Å²) in [6.45, 7) is 5.50. The van der Waals surface area contributed by atoms with Gasteiger partial charge in [-0.2, -0.15) is 0 Å². The van der Waals surface area contributed by atoms with Crippen molar-refractivity contribution in [3.63, 3.8) is 0 Å². The Bertz CT molecular complexity index is 641. The minimum absolute atomic E-state index is 0.172. The lowest BCUT2D eigenvalue weighted by Crippen LogP contribution is -2.61. The first-order chi connectivity index (χ1) is 15.5. The third-order valence-corrected chi connectivity index (χ3v) is 6.71. The molecule has 0 N–H and O–H groups in total. The number of carbonyl (C=O) groups excluding carboxylic acids is 4. The minimum Gasteiger partial charge on any atom is -0.464 e. The monoisotopic (exact) mass is 451 g/mol. The molecule has 32 heavy (non-hydrogen) atoms. The molecule has 0 aliphatic carbocycles. The molecule has 3 atom stereocenters. The Labute approximate surface area is 190 Å². The number of carbonyl (C=O) groups is 4. The van der Waals surface area contributed by atoms with E-state index in [4.69, 9.17) is 9.47 Å². The summed E-state index contributed by atoms with van der Waals surface area (Å²) >= 11 is 0. The first-order valence-electron chi connectivity index (χ1n) is 12.2. The van der Waals surface area contributed by atoms with E-state index in [2.05, 4.69) is 0 Å². The number of rotatable bonds is 5. The zero-order valence-electron chi connectivity index (χ0n) is 19.4. The van der Waals surface area contributed by atoms with E-state index in [9.17, 15) is 19.2 Å². The van der Waals surface area contributed by atoms with Crippen molar-refractivity contribution < 1.29 is 28.7 Å². The van der Waals surface area contributed by atoms with Gasteiger partial charge in [-0.3, -0.25) is 14.5 Å². The molecule has 3 amide bonds. The van der Waals surface area contributed by atoms with Crippen LogP contribution in [-0.2, 0) is 23.9 Å². The second-order valence-corrected chi connectivity index (χ2v) is 8.74. The first kappa shape index (κ1) is 24.3. The lowest BCUT2D eigenvalue weighted by Gasteiger charge is -2.44. The largest absolute Gasteiger partial charge is 0.464 e. The molecule has 0 aromatic rings. The van der Waals surface area contributed by atoms with E-state index in [1.165, 1.54) is 4.90 Å². The van der Waals surface area contributed by atoms with Gasteiger partial charge in [0.25, 0.3) is 0 Å². The second-order valence-electron chi connectivity index (χ2n) is 8.74. The molecule has 0 spiro atoms. The Balaban J connectivity index is 1.78. The summed E-state index contributed by atoms with van der Waals surface area (Å²) < 4.78 is 10.4. The van der Waals surface area contributed by atoms with E-state index in [-0.39, 0.29) is 31.0 Å². The molecule has 3 unspecified atom stereocenters. The molecule has 0 bridgehead atoms. The van der Waals surface area contributed by atoms with Gasteiger partial charge in [0.2, 0.25) is 11.8 Å². The van der Waals surface area contributed by atoms with Gasteiger partial charge < -0.3 is 19.3 Å². The van der Waals surface area contributed by atoms with E-state index in [0.717, 1.165) is 38.5 Å². The lowest BCUT2D eigenvalue weighted by molar-refractivity contribution is -0.161. The standard InChI is InChI=1S/C23H37N3O6/c1-3-31-22(29)19-13-7-9-15-25(19)20(27)17-11-5-8-14-24(17)21(28)18-12-6-10-16-26(18)23(30)32-4-2/h17-19H,3-16H2,1-2H3. The average molecular weight is 452 g/mol. The highest BCUT2D eigenvalue weighted by atomic mass is 16.6. The van der Waals surface area contributed by atoms with Crippen molar-refractivity contribution in [1.82, 2.24) is 14.7 Å². The number of hydrogen-bond donors (Lipinski definition) is 0. The molecule has 0 saturated carbocycles. The van der Waals surface area contributed by atoms with Crippen LogP contribution in [0.4, 0.5) is 4.79 Å². The molecule has 0 radical (unpaired) electrons. The summed E-state index contributed by atoms with van der Waals surface area (Å²) in [5, 5.41) is 0. The fourth-order valence-electron chi connectivity index (χ4n) is 5.13. The highest BCUT2D eigenvalue weighted by Gasteiger charge is 2.43. The summed E-state index contributed by atoms with van der Waals surface area (Å²) in [4.78, 5) is 56.9. The maximum atomic E-state index is 13.6. The fourth-order valence-corrected chi connectivity index (χ4v) is 5.13. The number of hydrogen-bond acceptors (Lipinski definition) is 6. The summed E-state index contributed by atoms with van der Waals surface area (Å²) in [5.41, 5.74) is 0. The topological polar surface area (TPSA) is 96.5 Å². The van der Waals surface area contributed by atoms with Crippen LogP contribution in [-0.4, -0.2) is 89.6 Å². The van der Waals surface area contributed by atoms with Gasteiger partial charge in [0.15, 0.2) is 0 Å². The number of ether oxygens (including phenoxy) is 2. The molecule has 3 aliphatic heterocycles. The van der Waals surface area contributed by atoms with Crippen LogP contribution in [0, 0.1) is 0 Å². The molecule has 0 aromatic carbocycles.